The molecule has 4 heteroatoms. The molecule has 0 aliphatic heterocycles. The topological polar surface area (TPSA) is 0 Å². The molecule has 0 saturated carbocycles. The van der Waals surface area contributed by atoms with Crippen LogP contribution in [0.2, 0.25) is 33.2 Å². The van der Waals surface area contributed by atoms with Crippen molar-refractivity contribution in [2.24, 2.45) is 0 Å². The number of thiophene rings is 2. The Bertz CT molecular complexity index is 1150. The predicted octanol–water partition coefficient (Wildman–Crippen LogP) is 11.0. The van der Waals surface area contributed by atoms with E-state index < -0.39 is 16.1 Å². The molecule has 0 aliphatic carbocycles. The minimum Gasteiger partial charge on any atom is -0.145 e. The molecule has 0 N–H and O–H groups in total. The molecule has 0 unspecified atom stereocenters. The Hall–Kier alpha value is -0.946. The highest BCUT2D eigenvalue weighted by molar-refractivity contribution is 7.33. The first-order valence-corrected chi connectivity index (χ1v) is 20.3. The molecule has 0 atom stereocenters. The Morgan fingerprint density at radius 3 is 0.917 bits per heavy atom. The average molecular weight is 553 g/mol. The molecule has 0 amide bonds. The Morgan fingerprint density at radius 1 is 0.389 bits per heavy atom. The van der Waals surface area contributed by atoms with E-state index in [1.165, 1.54) is 30.9 Å². The maximum atomic E-state index is 2.59. The largest absolute Gasteiger partial charge is 0.145 e. The SMILES string of the molecule is CC(C)[Si](c1cc2cc3cc4sc([Si](C(C)C)(C(C)C)C(C)C)cc4cc3cc2s1)(C(C)C)C(C)C. The molecule has 0 spiro atoms. The Labute approximate surface area is 230 Å². The fraction of sp³-hybridized carbons (Fsp3) is 0.562. The molecule has 4 rings (SSSR count). The van der Waals surface area contributed by atoms with E-state index in [0.717, 1.165) is 33.2 Å². The molecule has 196 valence electrons. The lowest BCUT2D eigenvalue weighted by atomic mass is 10.1. The van der Waals surface area contributed by atoms with E-state index in [9.17, 15) is 0 Å². The van der Waals surface area contributed by atoms with E-state index in [4.69, 9.17) is 0 Å². The van der Waals surface area contributed by atoms with Gasteiger partial charge in [-0.3, -0.25) is 0 Å². The van der Waals surface area contributed by atoms with E-state index in [1.54, 1.807) is 9.00 Å². The molecule has 0 radical (unpaired) electrons. The zero-order chi connectivity index (χ0) is 26.7. The van der Waals surface area contributed by atoms with Gasteiger partial charge in [-0.15, -0.1) is 22.7 Å². The summed E-state index contributed by atoms with van der Waals surface area (Å²) in [5.41, 5.74) is 4.48. The lowest BCUT2D eigenvalue weighted by Crippen LogP contribution is -2.54. The monoisotopic (exact) mass is 552 g/mol. The smallest absolute Gasteiger partial charge is 0.107 e. The molecular weight excluding hydrogens is 505 g/mol. The highest BCUT2D eigenvalue weighted by Gasteiger charge is 2.46. The highest BCUT2D eigenvalue weighted by atomic mass is 32.1. The van der Waals surface area contributed by atoms with Crippen LogP contribution in [-0.4, -0.2) is 16.1 Å². The maximum Gasteiger partial charge on any atom is 0.107 e. The van der Waals surface area contributed by atoms with Gasteiger partial charge in [0.05, 0.1) is 0 Å². The molecule has 36 heavy (non-hydrogen) atoms. The second-order valence-corrected chi connectivity index (χ2v) is 27.8. The molecular formula is C32H48S2Si2. The van der Waals surface area contributed by atoms with Crippen molar-refractivity contribution in [3.8, 4) is 0 Å². The van der Waals surface area contributed by atoms with Crippen molar-refractivity contribution in [1.82, 2.24) is 0 Å². The quantitative estimate of drug-likeness (QED) is 0.191. The van der Waals surface area contributed by atoms with Crippen molar-refractivity contribution in [1.29, 1.82) is 0 Å². The van der Waals surface area contributed by atoms with Gasteiger partial charge in [0.25, 0.3) is 0 Å². The van der Waals surface area contributed by atoms with E-state index in [2.05, 4.69) is 142 Å². The molecule has 0 nitrogen and oxygen atoms in total. The Kier molecular flexibility index (Phi) is 7.78. The predicted molar refractivity (Wildman–Crippen MR) is 176 cm³/mol. The minimum atomic E-state index is -1.63. The zero-order valence-corrected chi connectivity index (χ0v) is 28.4. The minimum absolute atomic E-state index is 0.746. The van der Waals surface area contributed by atoms with Crippen LogP contribution < -0.4 is 9.00 Å². The molecule has 4 aromatic rings. The van der Waals surface area contributed by atoms with Crippen LogP contribution in [0, 0.1) is 0 Å². The summed E-state index contributed by atoms with van der Waals surface area (Å²) < 4.78 is 6.36. The second-order valence-electron chi connectivity index (χ2n) is 13.1. The van der Waals surface area contributed by atoms with Crippen molar-refractivity contribution in [3.63, 3.8) is 0 Å². The van der Waals surface area contributed by atoms with Crippen LogP contribution in [0.5, 0.6) is 0 Å². The second kappa shape index (κ2) is 9.98. The van der Waals surface area contributed by atoms with Crippen molar-refractivity contribution in [2.75, 3.05) is 0 Å². The lowest BCUT2D eigenvalue weighted by molar-refractivity contribution is 0.837. The van der Waals surface area contributed by atoms with Crippen molar-refractivity contribution < 1.29 is 0 Å². The van der Waals surface area contributed by atoms with E-state index in [1.807, 2.05) is 0 Å². The normalized spacial score (nSPS) is 13.9. The highest BCUT2D eigenvalue weighted by Crippen LogP contribution is 2.45. The first-order valence-electron chi connectivity index (χ1n) is 14.2. The number of hydrogen-bond donors (Lipinski definition) is 0. The molecule has 0 aliphatic rings. The van der Waals surface area contributed by atoms with Gasteiger partial charge in [-0.1, -0.05) is 83.1 Å². The van der Waals surface area contributed by atoms with Crippen LogP contribution in [0.4, 0.5) is 0 Å². The Morgan fingerprint density at radius 2 is 0.667 bits per heavy atom. The summed E-state index contributed by atoms with van der Waals surface area (Å²) in [5, 5.41) is 5.72. The van der Waals surface area contributed by atoms with Gasteiger partial charge in [-0.2, -0.15) is 0 Å². The zero-order valence-electron chi connectivity index (χ0n) is 24.7. The van der Waals surface area contributed by atoms with Crippen LogP contribution >= 0.6 is 22.7 Å². The first-order chi connectivity index (χ1) is 16.8. The van der Waals surface area contributed by atoms with Gasteiger partial charge >= 0.3 is 0 Å². The number of hydrogen-bond acceptors (Lipinski definition) is 2. The molecule has 2 aromatic heterocycles. The van der Waals surface area contributed by atoms with Gasteiger partial charge in [0.2, 0.25) is 0 Å². The van der Waals surface area contributed by atoms with Crippen molar-refractivity contribution in [2.45, 2.75) is 116 Å². The van der Waals surface area contributed by atoms with Crippen LogP contribution in [0.1, 0.15) is 83.1 Å². The van der Waals surface area contributed by atoms with Crippen molar-refractivity contribution >= 4 is 78.8 Å². The first kappa shape index (κ1) is 28.1. The summed E-state index contributed by atoms with van der Waals surface area (Å²) in [5.74, 6) is 0. The third-order valence-corrected chi connectivity index (χ3v) is 27.7. The van der Waals surface area contributed by atoms with Crippen LogP contribution in [0.25, 0.3) is 30.9 Å². The average Bonchev–Trinajstić information content (AvgIpc) is 3.32. The third-order valence-electron chi connectivity index (χ3n) is 9.70. The summed E-state index contributed by atoms with van der Waals surface area (Å²) in [6, 6.07) is 15.1. The third kappa shape index (κ3) is 4.10. The molecule has 2 heterocycles. The van der Waals surface area contributed by atoms with E-state index in [-0.39, 0.29) is 0 Å². The molecule has 0 fully saturated rings. The van der Waals surface area contributed by atoms with Gasteiger partial charge in [-0.05, 0) is 100 Å². The number of fused-ring (bicyclic) bond motifs is 3. The summed E-state index contributed by atoms with van der Waals surface area (Å²) >= 11 is 4.20. The molecule has 2 aromatic carbocycles. The fourth-order valence-electron chi connectivity index (χ4n) is 8.46. The summed E-state index contributed by atoms with van der Waals surface area (Å²) in [6.07, 6.45) is 0. The van der Waals surface area contributed by atoms with Crippen LogP contribution in [0.3, 0.4) is 0 Å². The lowest BCUT2D eigenvalue weighted by Gasteiger charge is -2.42. The summed E-state index contributed by atoms with van der Waals surface area (Å²) in [7, 11) is -3.27. The Balaban J connectivity index is 1.91. The maximum absolute atomic E-state index is 2.59. The molecule has 0 bridgehead atoms. The van der Waals surface area contributed by atoms with Crippen LogP contribution in [-0.2, 0) is 0 Å². The number of benzene rings is 2. The van der Waals surface area contributed by atoms with Gasteiger partial charge in [-0.25, -0.2) is 0 Å². The summed E-state index contributed by atoms with van der Waals surface area (Å²) in [6.45, 7) is 29.8. The van der Waals surface area contributed by atoms with Gasteiger partial charge in [0.15, 0.2) is 0 Å². The molecule has 0 saturated heterocycles. The van der Waals surface area contributed by atoms with E-state index >= 15 is 0 Å². The summed E-state index contributed by atoms with van der Waals surface area (Å²) in [4.78, 5) is 0. The van der Waals surface area contributed by atoms with Gasteiger partial charge in [0, 0.05) is 9.40 Å². The number of rotatable bonds is 8. The standard InChI is InChI=1S/C32H48S2Si2/c1-19(2)35(20(3)4,21(5)6)31-17-27-13-25-16-30-28(14-26(25)15-29(27)33-31)18-32(34-30)36(22(7)8,23(9)10)24(11)12/h13-24H,1-12H3. The van der Waals surface area contributed by atoms with Gasteiger partial charge < -0.3 is 0 Å². The van der Waals surface area contributed by atoms with Crippen LogP contribution in [0.15, 0.2) is 36.4 Å². The fourth-order valence-corrected chi connectivity index (χ4v) is 28.7. The van der Waals surface area contributed by atoms with E-state index in [0.29, 0.717) is 0 Å². The van der Waals surface area contributed by atoms with Crippen molar-refractivity contribution in [3.05, 3.63) is 36.4 Å². The van der Waals surface area contributed by atoms with Gasteiger partial charge in [0.1, 0.15) is 16.1 Å².